The number of benzene rings is 1. The minimum Gasteiger partial charge on any atom is -0.384 e. The number of para-hydroxylation sites is 1. The zero-order chi connectivity index (χ0) is 13.9. The number of pyridine rings is 1. The fourth-order valence-corrected chi connectivity index (χ4v) is 4.28. The van der Waals surface area contributed by atoms with Gasteiger partial charge in [-0.05, 0) is 18.9 Å². The van der Waals surface area contributed by atoms with Crippen molar-refractivity contribution < 1.29 is 0 Å². The van der Waals surface area contributed by atoms with Gasteiger partial charge < -0.3 is 5.73 Å². The van der Waals surface area contributed by atoms with Crippen LogP contribution in [0.1, 0.15) is 37.7 Å². The summed E-state index contributed by atoms with van der Waals surface area (Å²) in [4.78, 5) is 5.56. The number of hydrogen-bond donors (Lipinski definition) is 2. The Labute approximate surface area is 123 Å². The van der Waals surface area contributed by atoms with E-state index in [9.17, 15) is 0 Å². The van der Waals surface area contributed by atoms with Gasteiger partial charge in [0.25, 0.3) is 0 Å². The first-order valence-electron chi connectivity index (χ1n) is 7.14. The summed E-state index contributed by atoms with van der Waals surface area (Å²) in [5, 5.41) is 9.56. The monoisotopic (exact) mass is 285 g/mol. The van der Waals surface area contributed by atoms with Crippen LogP contribution >= 0.6 is 11.8 Å². The predicted octanol–water partition coefficient (Wildman–Crippen LogP) is 3.94. The van der Waals surface area contributed by atoms with Crippen LogP contribution in [0.5, 0.6) is 0 Å². The Bertz CT molecular complexity index is 633. The standard InChI is InChI=1S/C16H19N3S/c17-16(18)13-10-19-14-9-5-4-8-12(14)15(13)20-11-6-2-1-3-7-11/h4-5,8-11H,1-3,6-7H2,(H3,17,18). The van der Waals surface area contributed by atoms with E-state index in [-0.39, 0.29) is 5.84 Å². The van der Waals surface area contributed by atoms with Crippen molar-refractivity contribution in [2.45, 2.75) is 42.2 Å². The van der Waals surface area contributed by atoms with Gasteiger partial charge in [0.2, 0.25) is 0 Å². The summed E-state index contributed by atoms with van der Waals surface area (Å²) in [5.41, 5.74) is 7.50. The third-order valence-electron chi connectivity index (χ3n) is 3.85. The van der Waals surface area contributed by atoms with Crippen LogP contribution in [0.3, 0.4) is 0 Å². The van der Waals surface area contributed by atoms with Crippen LogP contribution in [-0.2, 0) is 0 Å². The molecule has 0 radical (unpaired) electrons. The van der Waals surface area contributed by atoms with E-state index in [1.807, 2.05) is 30.0 Å². The minimum atomic E-state index is 0.113. The molecule has 4 heteroatoms. The summed E-state index contributed by atoms with van der Waals surface area (Å²) in [6.07, 6.45) is 8.26. The number of rotatable bonds is 3. The third kappa shape index (κ3) is 2.66. The molecule has 0 amide bonds. The van der Waals surface area contributed by atoms with Crippen molar-refractivity contribution >= 4 is 28.5 Å². The van der Waals surface area contributed by atoms with Gasteiger partial charge in [-0.3, -0.25) is 10.4 Å². The number of nitrogen functional groups attached to an aromatic ring is 1. The zero-order valence-corrected chi connectivity index (χ0v) is 12.2. The average Bonchev–Trinajstić information content (AvgIpc) is 2.48. The number of nitrogens with zero attached hydrogens (tertiary/aromatic N) is 1. The van der Waals surface area contributed by atoms with Crippen molar-refractivity contribution in [2.24, 2.45) is 5.73 Å². The van der Waals surface area contributed by atoms with Gasteiger partial charge in [-0.25, -0.2) is 0 Å². The molecule has 0 unspecified atom stereocenters. The second-order valence-corrected chi connectivity index (χ2v) is 6.62. The van der Waals surface area contributed by atoms with E-state index >= 15 is 0 Å². The predicted molar refractivity (Wildman–Crippen MR) is 85.5 cm³/mol. The maximum absolute atomic E-state index is 7.79. The second-order valence-electron chi connectivity index (χ2n) is 5.31. The first kappa shape index (κ1) is 13.4. The molecule has 0 aliphatic heterocycles. The van der Waals surface area contributed by atoms with Gasteiger partial charge in [-0.2, -0.15) is 0 Å². The quantitative estimate of drug-likeness (QED) is 0.663. The van der Waals surface area contributed by atoms with Crippen LogP contribution in [0.25, 0.3) is 10.9 Å². The van der Waals surface area contributed by atoms with Crippen LogP contribution in [0.2, 0.25) is 0 Å². The molecule has 0 atom stereocenters. The van der Waals surface area contributed by atoms with Crippen LogP contribution in [0, 0.1) is 5.41 Å². The molecular formula is C16H19N3S. The molecule has 3 N–H and O–H groups in total. The summed E-state index contributed by atoms with van der Waals surface area (Å²) >= 11 is 1.89. The largest absolute Gasteiger partial charge is 0.384 e. The number of thioether (sulfide) groups is 1. The number of aromatic nitrogens is 1. The lowest BCUT2D eigenvalue weighted by molar-refractivity contribution is 0.516. The highest BCUT2D eigenvalue weighted by Crippen LogP contribution is 2.38. The molecule has 1 fully saturated rings. The van der Waals surface area contributed by atoms with Gasteiger partial charge in [-0.1, -0.05) is 37.5 Å². The molecule has 0 saturated heterocycles. The van der Waals surface area contributed by atoms with Gasteiger partial charge >= 0.3 is 0 Å². The van der Waals surface area contributed by atoms with Crippen molar-refractivity contribution in [2.75, 3.05) is 0 Å². The zero-order valence-electron chi connectivity index (χ0n) is 11.4. The van der Waals surface area contributed by atoms with Crippen LogP contribution in [0.15, 0.2) is 35.4 Å². The molecule has 0 bridgehead atoms. The summed E-state index contributed by atoms with van der Waals surface area (Å²) in [5.74, 6) is 0.113. The maximum atomic E-state index is 7.79. The van der Waals surface area contributed by atoms with E-state index in [4.69, 9.17) is 11.1 Å². The molecule has 2 aromatic rings. The van der Waals surface area contributed by atoms with E-state index in [2.05, 4.69) is 11.1 Å². The Balaban J connectivity index is 2.04. The van der Waals surface area contributed by atoms with E-state index in [1.165, 1.54) is 32.1 Å². The molecular weight excluding hydrogens is 266 g/mol. The molecule has 20 heavy (non-hydrogen) atoms. The van der Waals surface area contributed by atoms with Crippen molar-refractivity contribution in [1.29, 1.82) is 5.41 Å². The van der Waals surface area contributed by atoms with E-state index in [1.54, 1.807) is 6.20 Å². The summed E-state index contributed by atoms with van der Waals surface area (Å²) < 4.78 is 0. The van der Waals surface area contributed by atoms with Crippen molar-refractivity contribution in [1.82, 2.24) is 4.98 Å². The highest BCUT2D eigenvalue weighted by atomic mass is 32.2. The molecule has 1 aromatic carbocycles. The van der Waals surface area contributed by atoms with Crippen molar-refractivity contribution in [3.8, 4) is 0 Å². The highest BCUT2D eigenvalue weighted by Gasteiger charge is 2.19. The Morgan fingerprint density at radius 3 is 2.70 bits per heavy atom. The van der Waals surface area contributed by atoms with Crippen molar-refractivity contribution in [3.63, 3.8) is 0 Å². The molecule has 1 aromatic heterocycles. The average molecular weight is 285 g/mol. The van der Waals surface area contributed by atoms with Crippen molar-refractivity contribution in [3.05, 3.63) is 36.0 Å². The maximum Gasteiger partial charge on any atom is 0.125 e. The SMILES string of the molecule is N=C(N)c1cnc2ccccc2c1SC1CCCCC1. The molecule has 3 rings (SSSR count). The first-order chi connectivity index (χ1) is 9.75. The lowest BCUT2D eigenvalue weighted by atomic mass is 10.0. The number of nitrogens with two attached hydrogens (primary N) is 1. The number of fused-ring (bicyclic) bond motifs is 1. The van der Waals surface area contributed by atoms with Gasteiger partial charge in [0.15, 0.2) is 0 Å². The highest BCUT2D eigenvalue weighted by molar-refractivity contribution is 8.00. The molecule has 1 saturated carbocycles. The van der Waals surface area contributed by atoms with E-state index in [0.717, 1.165) is 21.4 Å². The lowest BCUT2D eigenvalue weighted by Gasteiger charge is -2.22. The van der Waals surface area contributed by atoms with E-state index < -0.39 is 0 Å². The lowest BCUT2D eigenvalue weighted by Crippen LogP contribution is -2.15. The Morgan fingerprint density at radius 1 is 1.20 bits per heavy atom. The van der Waals surface area contributed by atoms with E-state index in [0.29, 0.717) is 5.25 Å². The van der Waals surface area contributed by atoms with Crippen LogP contribution in [-0.4, -0.2) is 16.1 Å². The summed E-state index contributed by atoms with van der Waals surface area (Å²) in [6.45, 7) is 0. The smallest absolute Gasteiger partial charge is 0.125 e. The Morgan fingerprint density at radius 2 is 1.95 bits per heavy atom. The molecule has 1 heterocycles. The number of hydrogen-bond acceptors (Lipinski definition) is 3. The fourth-order valence-electron chi connectivity index (χ4n) is 2.78. The summed E-state index contributed by atoms with van der Waals surface area (Å²) in [6, 6.07) is 8.13. The molecule has 3 nitrogen and oxygen atoms in total. The number of amidine groups is 1. The van der Waals surface area contributed by atoms with Gasteiger partial charge in [0, 0.05) is 27.3 Å². The van der Waals surface area contributed by atoms with Crippen LogP contribution in [0.4, 0.5) is 0 Å². The molecule has 1 aliphatic rings. The second kappa shape index (κ2) is 5.83. The van der Waals surface area contributed by atoms with Gasteiger partial charge in [0.05, 0.1) is 5.52 Å². The third-order valence-corrected chi connectivity index (χ3v) is 5.33. The summed E-state index contributed by atoms with van der Waals surface area (Å²) in [7, 11) is 0. The molecule has 1 aliphatic carbocycles. The molecule has 104 valence electrons. The normalized spacial score (nSPS) is 16.4. The van der Waals surface area contributed by atoms with Crippen LogP contribution < -0.4 is 5.73 Å². The fraction of sp³-hybridized carbons (Fsp3) is 0.375. The minimum absolute atomic E-state index is 0.113. The Kier molecular flexibility index (Phi) is 3.92. The topological polar surface area (TPSA) is 62.8 Å². The van der Waals surface area contributed by atoms with Gasteiger partial charge in [-0.15, -0.1) is 11.8 Å². The first-order valence-corrected chi connectivity index (χ1v) is 8.02. The Hall–Kier alpha value is -1.55. The number of nitrogens with one attached hydrogen (secondary N) is 1. The molecule has 0 spiro atoms. The van der Waals surface area contributed by atoms with Gasteiger partial charge in [0.1, 0.15) is 5.84 Å².